The number of nitrogens with zero attached hydrogens (tertiary/aromatic N) is 4. The molecule has 114 valence electrons. The molecule has 0 spiro atoms. The number of hydrogen-bond acceptors (Lipinski definition) is 4. The summed E-state index contributed by atoms with van der Waals surface area (Å²) in [5.74, 6) is 0.518. The molecule has 1 atom stereocenters. The van der Waals surface area contributed by atoms with Crippen molar-refractivity contribution in [2.45, 2.75) is 31.5 Å². The highest BCUT2D eigenvalue weighted by Gasteiger charge is 2.46. The second kappa shape index (κ2) is 4.62. The first kappa shape index (κ1) is 12.8. The van der Waals surface area contributed by atoms with Gasteiger partial charge in [0.15, 0.2) is 11.7 Å². The number of fused-ring (bicyclic) bond motifs is 2. The van der Waals surface area contributed by atoms with Crippen LogP contribution >= 0.6 is 0 Å². The predicted molar refractivity (Wildman–Crippen MR) is 89.4 cm³/mol. The minimum absolute atomic E-state index is 0.126. The first-order chi connectivity index (χ1) is 11.3. The minimum Gasteiger partial charge on any atom is -0.383 e. The number of azo groups is 2. The van der Waals surface area contributed by atoms with E-state index in [2.05, 4.69) is 37.9 Å². The molecule has 6 nitrogen and oxygen atoms in total. The van der Waals surface area contributed by atoms with Gasteiger partial charge in [0.2, 0.25) is 0 Å². The summed E-state index contributed by atoms with van der Waals surface area (Å²) >= 11 is 0. The van der Waals surface area contributed by atoms with Crippen LogP contribution < -0.4 is 5.73 Å². The van der Waals surface area contributed by atoms with Crippen LogP contribution in [-0.2, 0) is 0 Å². The van der Waals surface area contributed by atoms with E-state index in [1.54, 1.807) is 6.34 Å². The van der Waals surface area contributed by atoms with Gasteiger partial charge in [-0.1, -0.05) is 22.9 Å². The standard InChI is InChI=1S/C17H17N6/c18-16-14-15(13-8-10-4-1-2-7-12(10)21-13)22-23(11-5-3-6-11)17(14)20-9-19-16/h1-2,4,7-9,11,17,21H,3,5-6H2,(H2,18,19,20)/q+1. The van der Waals surface area contributed by atoms with E-state index in [4.69, 9.17) is 10.8 Å². The van der Waals surface area contributed by atoms with Gasteiger partial charge in [0.1, 0.15) is 17.7 Å². The van der Waals surface area contributed by atoms with Crippen LogP contribution in [0.1, 0.15) is 25.0 Å². The number of amidine groups is 1. The molecule has 3 aliphatic rings. The van der Waals surface area contributed by atoms with E-state index in [0.717, 1.165) is 22.5 Å². The Morgan fingerprint density at radius 3 is 2.87 bits per heavy atom. The molecule has 1 aliphatic carbocycles. The highest BCUT2D eigenvalue weighted by Crippen LogP contribution is 2.37. The molecule has 1 aromatic heterocycles. The number of rotatable bonds is 2. The van der Waals surface area contributed by atoms with Gasteiger partial charge in [-0.2, -0.15) is 4.99 Å². The van der Waals surface area contributed by atoms with Crippen LogP contribution in [-0.4, -0.2) is 34.1 Å². The average molecular weight is 305 g/mol. The maximum atomic E-state index is 6.16. The Labute approximate surface area is 133 Å². The number of para-hydroxylation sites is 1. The van der Waals surface area contributed by atoms with Gasteiger partial charge in [-0.25, -0.2) is 4.99 Å². The fraction of sp³-hybridized carbons (Fsp3) is 0.294. The zero-order valence-electron chi connectivity index (χ0n) is 12.6. The van der Waals surface area contributed by atoms with Crippen molar-refractivity contribution in [3.8, 4) is 0 Å². The number of aromatic nitrogens is 1. The third-order valence-corrected chi connectivity index (χ3v) is 4.89. The maximum absolute atomic E-state index is 6.16. The Bertz CT molecular complexity index is 892. The molecule has 23 heavy (non-hydrogen) atoms. The molecule has 2 aliphatic heterocycles. The van der Waals surface area contributed by atoms with Crippen LogP contribution in [0.2, 0.25) is 0 Å². The monoisotopic (exact) mass is 305 g/mol. The van der Waals surface area contributed by atoms with E-state index < -0.39 is 0 Å². The number of benzene rings is 1. The summed E-state index contributed by atoms with van der Waals surface area (Å²) in [7, 11) is 0. The molecule has 1 unspecified atom stereocenters. The highest BCUT2D eigenvalue weighted by molar-refractivity contribution is 6.09. The number of aliphatic imine (C=N–C) groups is 2. The smallest absolute Gasteiger partial charge is 0.304 e. The van der Waals surface area contributed by atoms with E-state index in [-0.39, 0.29) is 6.17 Å². The summed E-state index contributed by atoms with van der Waals surface area (Å²) in [4.78, 5) is 12.2. The molecule has 1 fully saturated rings. The molecule has 0 amide bonds. The molecule has 6 heteroatoms. The van der Waals surface area contributed by atoms with E-state index in [1.807, 2.05) is 12.1 Å². The van der Waals surface area contributed by atoms with Crippen LogP contribution in [0.4, 0.5) is 0 Å². The van der Waals surface area contributed by atoms with Gasteiger partial charge < -0.3 is 10.7 Å². The second-order valence-electron chi connectivity index (χ2n) is 6.25. The van der Waals surface area contributed by atoms with Gasteiger partial charge >= 0.3 is 6.17 Å². The van der Waals surface area contributed by atoms with Crippen molar-refractivity contribution in [3.05, 3.63) is 41.6 Å². The van der Waals surface area contributed by atoms with Crippen LogP contribution in [0.3, 0.4) is 0 Å². The highest BCUT2D eigenvalue weighted by atomic mass is 15.4. The fourth-order valence-corrected chi connectivity index (χ4v) is 3.44. The molecule has 3 N–H and O–H groups in total. The van der Waals surface area contributed by atoms with Crippen molar-refractivity contribution in [1.82, 2.24) is 4.98 Å². The summed E-state index contributed by atoms with van der Waals surface area (Å²) in [6.07, 6.45) is 5.02. The van der Waals surface area contributed by atoms with E-state index in [0.29, 0.717) is 11.9 Å². The number of hydrogen-bond donors (Lipinski definition) is 2. The lowest BCUT2D eigenvalue weighted by atomic mass is 9.92. The quantitative estimate of drug-likeness (QED) is 0.822. The fourth-order valence-electron chi connectivity index (χ4n) is 3.44. The molecular formula is C17H17N6+. The van der Waals surface area contributed by atoms with Gasteiger partial charge in [-0.05, 0) is 23.7 Å². The molecule has 3 heterocycles. The zero-order valence-corrected chi connectivity index (χ0v) is 12.6. The van der Waals surface area contributed by atoms with Gasteiger partial charge in [-0.15, -0.1) is 0 Å². The third kappa shape index (κ3) is 1.81. The van der Waals surface area contributed by atoms with Gasteiger partial charge in [-0.3, -0.25) is 0 Å². The van der Waals surface area contributed by atoms with Crippen molar-refractivity contribution in [2.24, 2.45) is 20.8 Å². The Hall–Kier alpha value is -2.76. The molecule has 2 aromatic rings. The molecular weight excluding hydrogens is 288 g/mol. The molecule has 1 aromatic carbocycles. The first-order valence-electron chi connectivity index (χ1n) is 7.99. The van der Waals surface area contributed by atoms with E-state index in [9.17, 15) is 0 Å². The number of nitrogens with one attached hydrogen (secondary N) is 1. The average Bonchev–Trinajstić information content (AvgIpc) is 3.08. The van der Waals surface area contributed by atoms with Gasteiger partial charge in [0.05, 0.1) is 5.69 Å². The van der Waals surface area contributed by atoms with Crippen molar-refractivity contribution >= 4 is 28.8 Å². The SMILES string of the molecule is NC1=NC=NC2C1=C(c1cc3ccccc3[nH]1)N=[N+]2C1CCC1. The van der Waals surface area contributed by atoms with Crippen LogP contribution in [0.25, 0.3) is 16.6 Å². The van der Waals surface area contributed by atoms with Crippen molar-refractivity contribution < 1.29 is 4.70 Å². The molecule has 0 bridgehead atoms. The van der Waals surface area contributed by atoms with E-state index >= 15 is 0 Å². The van der Waals surface area contributed by atoms with E-state index in [1.165, 1.54) is 24.6 Å². The lowest BCUT2D eigenvalue weighted by Crippen LogP contribution is -2.40. The van der Waals surface area contributed by atoms with Gasteiger partial charge in [0.25, 0.3) is 0 Å². The second-order valence-corrected chi connectivity index (χ2v) is 6.25. The zero-order chi connectivity index (χ0) is 15.4. The summed E-state index contributed by atoms with van der Waals surface area (Å²) in [5.41, 5.74) is 10.0. The maximum Gasteiger partial charge on any atom is 0.304 e. The Morgan fingerprint density at radius 1 is 1.22 bits per heavy atom. The van der Waals surface area contributed by atoms with Crippen LogP contribution in [0, 0.1) is 0 Å². The normalized spacial score (nSPS) is 23.7. The molecule has 1 saturated carbocycles. The Morgan fingerprint density at radius 2 is 2.09 bits per heavy atom. The Balaban J connectivity index is 1.68. The topological polar surface area (TPSA) is 81.9 Å². The van der Waals surface area contributed by atoms with Crippen LogP contribution in [0.15, 0.2) is 51.0 Å². The lowest BCUT2D eigenvalue weighted by Gasteiger charge is -2.22. The summed E-state index contributed by atoms with van der Waals surface area (Å²) < 4.78 is 2.11. The molecule has 0 radical (unpaired) electrons. The minimum atomic E-state index is -0.126. The summed E-state index contributed by atoms with van der Waals surface area (Å²) in [6, 6.07) is 10.8. The largest absolute Gasteiger partial charge is 0.383 e. The summed E-state index contributed by atoms with van der Waals surface area (Å²) in [5, 5.41) is 6.04. The Kier molecular flexibility index (Phi) is 2.56. The van der Waals surface area contributed by atoms with Crippen molar-refractivity contribution in [3.63, 3.8) is 0 Å². The predicted octanol–water partition coefficient (Wildman–Crippen LogP) is 2.64. The summed E-state index contributed by atoms with van der Waals surface area (Å²) in [6.45, 7) is 0. The number of H-pyrrole nitrogens is 1. The van der Waals surface area contributed by atoms with Crippen LogP contribution in [0.5, 0.6) is 0 Å². The van der Waals surface area contributed by atoms with Crippen molar-refractivity contribution in [2.75, 3.05) is 0 Å². The number of aromatic amines is 1. The molecule has 0 saturated heterocycles. The lowest BCUT2D eigenvalue weighted by molar-refractivity contribution is -0.651. The van der Waals surface area contributed by atoms with Crippen molar-refractivity contribution in [1.29, 1.82) is 0 Å². The molecule has 5 rings (SSSR count). The third-order valence-electron chi connectivity index (χ3n) is 4.89. The van der Waals surface area contributed by atoms with Gasteiger partial charge in [0, 0.05) is 23.7 Å². The number of nitrogens with two attached hydrogens (primary N) is 1. The first-order valence-corrected chi connectivity index (χ1v) is 7.99.